The summed E-state index contributed by atoms with van der Waals surface area (Å²) >= 11 is 0. The molecule has 2 aliphatic heterocycles. The van der Waals surface area contributed by atoms with Crippen LogP contribution in [0.3, 0.4) is 0 Å². The summed E-state index contributed by atoms with van der Waals surface area (Å²) in [5.41, 5.74) is 0.970. The number of nitrogens with zero attached hydrogens (tertiary/aromatic N) is 3. The van der Waals surface area contributed by atoms with Gasteiger partial charge in [0.15, 0.2) is 5.82 Å². The minimum Gasteiger partial charge on any atom is -0.381 e. The molecule has 0 saturated carbocycles. The first-order chi connectivity index (χ1) is 12.3. The van der Waals surface area contributed by atoms with Gasteiger partial charge in [0.05, 0.1) is 5.60 Å². The molecule has 2 saturated heterocycles. The van der Waals surface area contributed by atoms with Gasteiger partial charge in [-0.1, -0.05) is 0 Å². The van der Waals surface area contributed by atoms with Crippen LogP contribution in [0.25, 0.3) is 11.4 Å². The highest BCUT2D eigenvalue weighted by Gasteiger charge is 2.38. The molecule has 1 atom stereocenters. The third-order valence-corrected chi connectivity index (χ3v) is 5.14. The lowest BCUT2D eigenvalue weighted by Gasteiger charge is -2.43. The fraction of sp³-hybridized carbons (Fsp3) is 0.611. The Hall–Kier alpha value is -1.83. The zero-order valence-corrected chi connectivity index (χ0v) is 14.4. The third kappa shape index (κ3) is 4.05. The number of aromatic amines is 1. The molecule has 2 N–H and O–H groups in total. The second-order valence-corrected chi connectivity index (χ2v) is 6.89. The summed E-state index contributed by atoms with van der Waals surface area (Å²) in [5.74, 6) is 1.61. The summed E-state index contributed by atoms with van der Waals surface area (Å²) in [4.78, 5) is 8.67. The average molecular weight is 343 g/mol. The van der Waals surface area contributed by atoms with Crippen molar-refractivity contribution in [3.8, 4) is 11.4 Å². The lowest BCUT2D eigenvalue weighted by Crippen LogP contribution is -2.50. The van der Waals surface area contributed by atoms with E-state index in [2.05, 4.69) is 25.5 Å². The predicted molar refractivity (Wildman–Crippen MR) is 93.1 cm³/mol. The zero-order valence-electron chi connectivity index (χ0n) is 14.4. The van der Waals surface area contributed by atoms with E-state index >= 15 is 0 Å². The van der Waals surface area contributed by atoms with Crippen LogP contribution in [-0.4, -0.2) is 58.2 Å². The first-order valence-corrected chi connectivity index (χ1v) is 9.10. The van der Waals surface area contributed by atoms with Crippen LogP contribution in [0.4, 0.5) is 0 Å². The van der Waals surface area contributed by atoms with Crippen molar-refractivity contribution in [3.63, 3.8) is 0 Å². The molecule has 2 aliphatic rings. The highest BCUT2D eigenvalue weighted by molar-refractivity contribution is 5.52. The molecule has 2 aromatic rings. The van der Waals surface area contributed by atoms with Crippen molar-refractivity contribution in [2.75, 3.05) is 26.4 Å². The number of ether oxygens (including phenoxy) is 2. The van der Waals surface area contributed by atoms with Crippen LogP contribution in [0.15, 0.2) is 24.5 Å². The Labute approximate surface area is 147 Å². The Bertz CT molecular complexity index is 664. The summed E-state index contributed by atoms with van der Waals surface area (Å²) in [6, 6.07) is 4.37. The molecule has 0 amide bonds. The van der Waals surface area contributed by atoms with Crippen LogP contribution < -0.4 is 5.32 Å². The van der Waals surface area contributed by atoms with Gasteiger partial charge in [-0.2, -0.15) is 5.10 Å². The summed E-state index contributed by atoms with van der Waals surface area (Å²) < 4.78 is 11.6. The van der Waals surface area contributed by atoms with Gasteiger partial charge < -0.3 is 14.8 Å². The molecule has 25 heavy (non-hydrogen) atoms. The van der Waals surface area contributed by atoms with Gasteiger partial charge in [0.2, 0.25) is 0 Å². The van der Waals surface area contributed by atoms with Gasteiger partial charge in [0.1, 0.15) is 5.82 Å². The number of aromatic nitrogens is 4. The maximum atomic E-state index is 6.10. The number of rotatable bonds is 5. The predicted octanol–water partition coefficient (Wildman–Crippen LogP) is 1.73. The lowest BCUT2D eigenvalue weighted by molar-refractivity contribution is -0.140. The monoisotopic (exact) mass is 343 g/mol. The molecular formula is C18H25N5O2. The van der Waals surface area contributed by atoms with E-state index in [1.807, 2.05) is 12.1 Å². The van der Waals surface area contributed by atoms with Crippen LogP contribution in [0.2, 0.25) is 0 Å². The van der Waals surface area contributed by atoms with E-state index in [1.165, 1.54) is 0 Å². The van der Waals surface area contributed by atoms with E-state index in [-0.39, 0.29) is 5.60 Å². The maximum absolute atomic E-state index is 6.10. The molecule has 0 bridgehead atoms. The van der Waals surface area contributed by atoms with Gasteiger partial charge in [-0.05, 0) is 37.8 Å². The van der Waals surface area contributed by atoms with Gasteiger partial charge in [-0.3, -0.25) is 10.1 Å². The molecule has 1 spiro atoms. The number of hydrogen-bond acceptors (Lipinski definition) is 6. The summed E-state index contributed by atoms with van der Waals surface area (Å²) in [5, 5.41) is 11.0. The number of nitrogens with one attached hydrogen (secondary N) is 2. The van der Waals surface area contributed by atoms with E-state index in [0.29, 0.717) is 11.9 Å². The van der Waals surface area contributed by atoms with E-state index < -0.39 is 0 Å². The molecule has 0 unspecified atom stereocenters. The quantitative estimate of drug-likeness (QED) is 0.860. The van der Waals surface area contributed by atoms with Gasteiger partial charge >= 0.3 is 0 Å². The SMILES string of the molecule is c1cncc(-c2n[nH]c(CCN[C@H]3CCOC4(CCOCC4)C3)n2)c1. The second kappa shape index (κ2) is 7.59. The van der Waals surface area contributed by atoms with E-state index in [9.17, 15) is 0 Å². The van der Waals surface area contributed by atoms with E-state index in [0.717, 1.165) is 69.9 Å². The minimum atomic E-state index is 0.0356. The Balaban J connectivity index is 1.27. The first kappa shape index (κ1) is 16.6. The van der Waals surface area contributed by atoms with Gasteiger partial charge in [-0.25, -0.2) is 4.98 Å². The molecule has 134 valence electrons. The molecule has 2 fully saturated rings. The van der Waals surface area contributed by atoms with Gasteiger partial charge in [0, 0.05) is 56.8 Å². The second-order valence-electron chi connectivity index (χ2n) is 6.89. The normalized spacial score (nSPS) is 23.0. The molecule has 2 aromatic heterocycles. The molecule has 0 radical (unpaired) electrons. The van der Waals surface area contributed by atoms with Crippen LogP contribution in [0.5, 0.6) is 0 Å². The van der Waals surface area contributed by atoms with Gasteiger partial charge in [-0.15, -0.1) is 0 Å². The van der Waals surface area contributed by atoms with E-state index in [1.54, 1.807) is 12.4 Å². The molecule has 4 heterocycles. The minimum absolute atomic E-state index is 0.0356. The molecule has 7 nitrogen and oxygen atoms in total. The highest BCUT2D eigenvalue weighted by atomic mass is 16.5. The Kier molecular flexibility index (Phi) is 5.05. The largest absolute Gasteiger partial charge is 0.381 e. The fourth-order valence-corrected chi connectivity index (χ4v) is 3.72. The number of hydrogen-bond donors (Lipinski definition) is 2. The summed E-state index contributed by atoms with van der Waals surface area (Å²) in [6.07, 6.45) is 8.54. The zero-order chi connectivity index (χ0) is 17.0. The number of pyridine rings is 1. The molecule has 0 aromatic carbocycles. The van der Waals surface area contributed by atoms with Crippen molar-refractivity contribution in [2.24, 2.45) is 0 Å². The maximum Gasteiger partial charge on any atom is 0.182 e. The molecule has 7 heteroatoms. The van der Waals surface area contributed by atoms with Gasteiger partial charge in [0.25, 0.3) is 0 Å². The van der Waals surface area contributed by atoms with Crippen LogP contribution in [0.1, 0.15) is 31.5 Å². The summed E-state index contributed by atoms with van der Waals surface area (Å²) in [7, 11) is 0. The smallest absolute Gasteiger partial charge is 0.182 e. The molecule has 4 rings (SSSR count). The van der Waals surface area contributed by atoms with Crippen molar-refractivity contribution >= 4 is 0 Å². The fourth-order valence-electron chi connectivity index (χ4n) is 3.72. The Morgan fingerprint density at radius 2 is 2.20 bits per heavy atom. The van der Waals surface area contributed by atoms with Crippen molar-refractivity contribution in [3.05, 3.63) is 30.4 Å². The van der Waals surface area contributed by atoms with E-state index in [4.69, 9.17) is 9.47 Å². The van der Waals surface area contributed by atoms with Crippen LogP contribution >= 0.6 is 0 Å². The molecule has 0 aliphatic carbocycles. The standard InChI is InChI=1S/C18H25N5O2/c1-2-14(13-19-7-1)17-21-16(22-23-17)3-8-20-15-4-9-25-18(12-15)5-10-24-11-6-18/h1-2,7,13,15,20H,3-6,8-12H2,(H,21,22,23)/t15-/m0/s1. The first-order valence-electron chi connectivity index (χ1n) is 9.10. The van der Waals surface area contributed by atoms with Crippen molar-refractivity contribution < 1.29 is 9.47 Å². The van der Waals surface area contributed by atoms with Crippen molar-refractivity contribution in [2.45, 2.75) is 43.7 Å². The van der Waals surface area contributed by atoms with Crippen molar-refractivity contribution in [1.29, 1.82) is 0 Å². The average Bonchev–Trinajstić information content (AvgIpc) is 3.12. The highest BCUT2D eigenvalue weighted by Crippen LogP contribution is 2.34. The van der Waals surface area contributed by atoms with Crippen LogP contribution in [0, 0.1) is 0 Å². The Morgan fingerprint density at radius 3 is 3.04 bits per heavy atom. The molecular weight excluding hydrogens is 318 g/mol. The van der Waals surface area contributed by atoms with Crippen molar-refractivity contribution in [1.82, 2.24) is 25.5 Å². The Morgan fingerprint density at radius 1 is 1.28 bits per heavy atom. The third-order valence-electron chi connectivity index (χ3n) is 5.14. The topological polar surface area (TPSA) is 85.0 Å². The number of H-pyrrole nitrogens is 1. The van der Waals surface area contributed by atoms with Crippen LogP contribution in [-0.2, 0) is 15.9 Å². The summed E-state index contributed by atoms with van der Waals surface area (Å²) in [6.45, 7) is 3.37. The lowest BCUT2D eigenvalue weighted by atomic mass is 9.84.